The fourth-order valence-electron chi connectivity index (χ4n) is 2.58. The number of rotatable bonds is 3. The van der Waals surface area contributed by atoms with Crippen LogP contribution in [-0.2, 0) is 14.3 Å². The lowest BCUT2D eigenvalue weighted by molar-refractivity contribution is -0.122. The van der Waals surface area contributed by atoms with Gasteiger partial charge in [-0.25, -0.2) is 9.59 Å². The summed E-state index contributed by atoms with van der Waals surface area (Å²) in [4.78, 5) is 39.7. The van der Waals surface area contributed by atoms with Crippen molar-refractivity contribution in [1.82, 2.24) is 9.80 Å². The Morgan fingerprint density at radius 3 is 2.00 bits per heavy atom. The van der Waals surface area contributed by atoms with Gasteiger partial charge in [-0.2, -0.15) is 0 Å². The summed E-state index contributed by atoms with van der Waals surface area (Å²) in [6.07, 6.45) is 1.38. The van der Waals surface area contributed by atoms with Crippen molar-refractivity contribution < 1.29 is 23.9 Å². The Kier molecular flexibility index (Phi) is 6.26. The zero-order valence-corrected chi connectivity index (χ0v) is 16.1. The normalized spacial score (nSPS) is 21.5. The van der Waals surface area contributed by atoms with E-state index in [4.69, 9.17) is 9.47 Å². The molecule has 0 aromatic heterocycles. The van der Waals surface area contributed by atoms with Gasteiger partial charge in [0, 0.05) is 13.1 Å². The monoisotopic (exact) mass is 354 g/mol. The molecular formula is C18H30N2O5. The Bertz CT molecular complexity index is 533. The van der Waals surface area contributed by atoms with Crippen LogP contribution in [0.5, 0.6) is 0 Å². The van der Waals surface area contributed by atoms with Crippen LogP contribution in [0.4, 0.5) is 9.59 Å². The highest BCUT2D eigenvalue weighted by molar-refractivity contribution is 5.79. The molecule has 1 fully saturated rings. The molecule has 0 saturated carbocycles. The lowest BCUT2D eigenvalue weighted by atomic mass is 9.92. The number of carbonyl (C=O) groups is 3. The molecule has 142 valence electrons. The first kappa shape index (κ1) is 21.0. The van der Waals surface area contributed by atoms with Gasteiger partial charge in [-0.05, 0) is 48.0 Å². The summed E-state index contributed by atoms with van der Waals surface area (Å²) in [5.41, 5.74) is -2.52. The molecule has 1 heterocycles. The number of amides is 2. The summed E-state index contributed by atoms with van der Waals surface area (Å²) in [6.45, 7) is 14.8. The molecule has 7 nitrogen and oxygen atoms in total. The van der Waals surface area contributed by atoms with Crippen LogP contribution in [-0.4, -0.2) is 64.6 Å². The molecule has 0 radical (unpaired) electrons. The molecule has 1 saturated heterocycles. The van der Waals surface area contributed by atoms with Gasteiger partial charge in [0.05, 0.1) is 6.54 Å². The van der Waals surface area contributed by atoms with Crippen molar-refractivity contribution in [2.45, 2.75) is 64.7 Å². The van der Waals surface area contributed by atoms with Gasteiger partial charge in [0.25, 0.3) is 0 Å². The third kappa shape index (κ3) is 5.76. The zero-order valence-electron chi connectivity index (χ0n) is 16.1. The summed E-state index contributed by atoms with van der Waals surface area (Å²) < 4.78 is 10.8. The second-order valence-electron chi connectivity index (χ2n) is 8.25. The van der Waals surface area contributed by atoms with Crippen molar-refractivity contribution in [3.8, 4) is 0 Å². The summed E-state index contributed by atoms with van der Waals surface area (Å²) in [6, 6.07) is 0. The van der Waals surface area contributed by atoms with E-state index >= 15 is 0 Å². The van der Waals surface area contributed by atoms with Gasteiger partial charge in [-0.1, -0.05) is 6.08 Å². The van der Waals surface area contributed by atoms with Crippen LogP contribution >= 0.6 is 0 Å². The second-order valence-corrected chi connectivity index (χ2v) is 8.25. The molecule has 25 heavy (non-hydrogen) atoms. The van der Waals surface area contributed by atoms with Crippen LogP contribution in [0.1, 0.15) is 48.0 Å². The average Bonchev–Trinajstić information content (AvgIpc) is 2.43. The van der Waals surface area contributed by atoms with Crippen molar-refractivity contribution >= 4 is 18.5 Å². The second kappa shape index (κ2) is 7.45. The Hall–Kier alpha value is -2.05. The fourth-order valence-corrected chi connectivity index (χ4v) is 2.58. The Morgan fingerprint density at radius 2 is 1.56 bits per heavy atom. The van der Waals surface area contributed by atoms with E-state index in [1.54, 1.807) is 47.6 Å². The highest BCUT2D eigenvalue weighted by atomic mass is 16.6. The Labute approximate surface area is 149 Å². The van der Waals surface area contributed by atoms with Crippen LogP contribution in [0.25, 0.3) is 0 Å². The smallest absolute Gasteiger partial charge is 0.411 e. The summed E-state index contributed by atoms with van der Waals surface area (Å²) >= 11 is 0. The molecule has 1 aliphatic rings. The molecule has 1 aliphatic heterocycles. The first-order valence-electron chi connectivity index (χ1n) is 8.39. The molecule has 0 spiro atoms. The largest absolute Gasteiger partial charge is 0.444 e. The van der Waals surface area contributed by atoms with Gasteiger partial charge in [0.1, 0.15) is 23.0 Å². The van der Waals surface area contributed by atoms with Crippen molar-refractivity contribution in [2.75, 3.05) is 19.6 Å². The number of hydrogen-bond acceptors (Lipinski definition) is 5. The predicted molar refractivity (Wildman–Crippen MR) is 94.4 cm³/mol. The van der Waals surface area contributed by atoms with Crippen LogP contribution in [0.3, 0.4) is 0 Å². The molecule has 1 unspecified atom stereocenters. The van der Waals surface area contributed by atoms with E-state index in [-0.39, 0.29) is 26.1 Å². The van der Waals surface area contributed by atoms with Crippen molar-refractivity contribution in [2.24, 2.45) is 0 Å². The third-order valence-electron chi connectivity index (χ3n) is 3.58. The SMILES string of the molecule is C=CCC1(C=O)CN(C(=O)OC(C)(C)C)CCN1C(=O)OC(C)(C)C. The highest BCUT2D eigenvalue weighted by Crippen LogP contribution is 2.27. The maximum absolute atomic E-state index is 12.5. The molecule has 0 bridgehead atoms. The molecule has 0 aromatic carbocycles. The maximum Gasteiger partial charge on any atom is 0.411 e. The van der Waals surface area contributed by atoms with Crippen LogP contribution in [0.2, 0.25) is 0 Å². The molecule has 2 amide bonds. The van der Waals surface area contributed by atoms with Crippen molar-refractivity contribution in [3.05, 3.63) is 12.7 Å². The van der Waals surface area contributed by atoms with Crippen molar-refractivity contribution in [3.63, 3.8) is 0 Å². The predicted octanol–water partition coefficient (Wildman–Crippen LogP) is 2.99. The van der Waals surface area contributed by atoms with Crippen molar-refractivity contribution in [1.29, 1.82) is 0 Å². The van der Waals surface area contributed by atoms with E-state index in [2.05, 4.69) is 6.58 Å². The van der Waals surface area contributed by atoms with Gasteiger partial charge >= 0.3 is 12.2 Å². The Morgan fingerprint density at radius 1 is 1.04 bits per heavy atom. The molecule has 1 atom stereocenters. The number of aldehydes is 1. The van der Waals surface area contributed by atoms with E-state index in [1.807, 2.05) is 0 Å². The highest BCUT2D eigenvalue weighted by Gasteiger charge is 2.46. The number of carbonyl (C=O) groups excluding carboxylic acids is 3. The van der Waals surface area contributed by atoms with Gasteiger partial charge in [-0.3, -0.25) is 4.90 Å². The summed E-state index contributed by atoms with van der Waals surface area (Å²) in [5.74, 6) is 0. The van der Waals surface area contributed by atoms with Crippen LogP contribution in [0.15, 0.2) is 12.7 Å². The van der Waals surface area contributed by atoms with Crippen LogP contribution in [0, 0.1) is 0 Å². The Balaban J connectivity index is 3.04. The molecule has 7 heteroatoms. The topological polar surface area (TPSA) is 76.2 Å². The van der Waals surface area contributed by atoms with Crippen LogP contribution < -0.4 is 0 Å². The zero-order chi connectivity index (χ0) is 19.5. The van der Waals surface area contributed by atoms with Gasteiger partial charge in [-0.15, -0.1) is 6.58 Å². The standard InChI is InChI=1S/C18H30N2O5/c1-8-9-18(13-21)12-19(14(22)24-16(2,3)4)10-11-20(18)15(23)25-17(5,6)7/h8,13H,1,9-12H2,2-7H3. The van der Waals surface area contributed by atoms with E-state index < -0.39 is 28.9 Å². The van der Waals surface area contributed by atoms with Gasteiger partial charge in [0.2, 0.25) is 0 Å². The van der Waals surface area contributed by atoms with Gasteiger partial charge in [0.15, 0.2) is 0 Å². The average molecular weight is 354 g/mol. The number of nitrogens with zero attached hydrogens (tertiary/aromatic N) is 2. The molecule has 1 rings (SSSR count). The number of hydrogen-bond donors (Lipinski definition) is 0. The third-order valence-corrected chi connectivity index (χ3v) is 3.58. The first-order chi connectivity index (χ1) is 11.3. The summed E-state index contributed by atoms with van der Waals surface area (Å²) in [5, 5.41) is 0. The molecule has 0 N–H and O–H groups in total. The molecule has 0 aliphatic carbocycles. The fraction of sp³-hybridized carbons (Fsp3) is 0.722. The number of piperazine rings is 1. The number of ether oxygens (including phenoxy) is 2. The quantitative estimate of drug-likeness (QED) is 0.575. The van der Waals surface area contributed by atoms with Gasteiger partial charge < -0.3 is 19.2 Å². The molecular weight excluding hydrogens is 324 g/mol. The minimum atomic E-state index is -1.21. The van der Waals surface area contributed by atoms with E-state index in [0.717, 1.165) is 0 Å². The maximum atomic E-state index is 12.5. The van der Waals surface area contributed by atoms with E-state index in [0.29, 0.717) is 6.29 Å². The summed E-state index contributed by atoms with van der Waals surface area (Å²) in [7, 11) is 0. The van der Waals surface area contributed by atoms with E-state index in [1.165, 1.54) is 9.80 Å². The first-order valence-corrected chi connectivity index (χ1v) is 8.39. The lowest BCUT2D eigenvalue weighted by Crippen LogP contribution is -2.66. The minimum Gasteiger partial charge on any atom is -0.444 e. The minimum absolute atomic E-state index is 0.0384. The van der Waals surface area contributed by atoms with E-state index in [9.17, 15) is 14.4 Å². The molecule has 0 aromatic rings. The lowest BCUT2D eigenvalue weighted by Gasteiger charge is -2.47.